The van der Waals surface area contributed by atoms with E-state index in [9.17, 15) is 10.2 Å². The third kappa shape index (κ3) is 17.7. The second-order valence-corrected chi connectivity index (χ2v) is 27.2. The van der Waals surface area contributed by atoms with Crippen LogP contribution in [-0.4, -0.2) is 113 Å². The zero-order valence-electron chi connectivity index (χ0n) is 52.6. The smallest absolute Gasteiger partial charge is 0.126 e. The predicted molar refractivity (Wildman–Crippen MR) is 341 cm³/mol. The largest absolute Gasteiger partial charge is 0.507 e. The lowest BCUT2D eigenvalue weighted by molar-refractivity contribution is 0.214. The third-order valence-electron chi connectivity index (χ3n) is 15.2. The molecule has 10 heteroatoms. The number of nitrogens with zero attached hydrogens (tertiary/aromatic N) is 4. The van der Waals surface area contributed by atoms with Gasteiger partial charge in [-0.2, -0.15) is 0 Å². The van der Waals surface area contributed by atoms with Crippen LogP contribution in [0.1, 0.15) is 174 Å². The molecule has 0 saturated heterocycles. The van der Waals surface area contributed by atoms with Crippen LogP contribution in [0, 0.1) is 0 Å². The molecule has 0 fully saturated rings. The Morgan fingerprint density at radius 1 is 0.390 bits per heavy atom. The molecule has 1 aliphatic rings. The molecular weight excluding hydrogens is 1020 g/mol. The van der Waals surface area contributed by atoms with Crippen molar-refractivity contribution < 1.29 is 29.2 Å². The van der Waals surface area contributed by atoms with Crippen LogP contribution in [0.2, 0.25) is 0 Å². The Labute approximate surface area is 492 Å². The first-order chi connectivity index (χ1) is 38.6. The van der Waals surface area contributed by atoms with Crippen molar-refractivity contribution in [2.75, 3.05) is 80.8 Å². The Kier molecular flexibility index (Phi) is 20.9. The van der Waals surface area contributed by atoms with Gasteiger partial charge in [0.2, 0.25) is 0 Å². The third-order valence-corrected chi connectivity index (χ3v) is 15.2. The number of phenolic OH excluding ortho intramolecular Hbond substituents is 2. The van der Waals surface area contributed by atoms with Gasteiger partial charge >= 0.3 is 0 Å². The maximum absolute atomic E-state index is 12.8. The van der Waals surface area contributed by atoms with E-state index in [1.54, 1.807) is 0 Å². The lowest BCUT2D eigenvalue weighted by Crippen LogP contribution is -2.18. The summed E-state index contributed by atoms with van der Waals surface area (Å²) in [6, 6.07) is 33.8. The van der Waals surface area contributed by atoms with E-state index >= 15 is 0 Å². The highest BCUT2D eigenvalue weighted by atomic mass is 16.5. The Balaban J connectivity index is 1.30. The first-order valence-corrected chi connectivity index (χ1v) is 29.7. The number of phenols is 2. The Hall–Kier alpha value is -6.62. The average molecular weight is 1110 g/mol. The van der Waals surface area contributed by atoms with E-state index in [0.29, 0.717) is 38.9 Å². The zero-order chi connectivity index (χ0) is 59.6. The maximum atomic E-state index is 12.8. The minimum absolute atomic E-state index is 0.226. The molecule has 0 spiro atoms. The molecule has 8 bridgehead atoms. The van der Waals surface area contributed by atoms with Crippen LogP contribution in [-0.2, 0) is 47.3 Å². The fourth-order valence-electron chi connectivity index (χ4n) is 10.2. The molecule has 6 aromatic rings. The number of ether oxygens (including phenoxy) is 4. The van der Waals surface area contributed by atoms with Crippen LogP contribution in [0.25, 0.3) is 0 Å². The summed E-state index contributed by atoms with van der Waals surface area (Å²) in [5.74, 6) is 3.50. The number of aromatic hydroxyl groups is 2. The van der Waals surface area contributed by atoms with Gasteiger partial charge < -0.3 is 39.0 Å². The first-order valence-electron chi connectivity index (χ1n) is 29.7. The molecule has 0 saturated carbocycles. The first kappa shape index (κ1) is 63.0. The fraction of sp³-hybridized carbons (Fsp3) is 0.472. The monoisotopic (exact) mass is 1110 g/mol. The van der Waals surface area contributed by atoms with Crippen molar-refractivity contribution in [3.8, 4) is 34.5 Å². The number of hydrogen-bond donors (Lipinski definition) is 2. The van der Waals surface area contributed by atoms with Gasteiger partial charge in [0.15, 0.2) is 0 Å². The zero-order valence-corrected chi connectivity index (χ0v) is 52.6. The quantitative estimate of drug-likeness (QED) is 0.0574. The van der Waals surface area contributed by atoms with E-state index in [-0.39, 0.29) is 46.4 Å². The van der Waals surface area contributed by atoms with Gasteiger partial charge in [0, 0.05) is 51.2 Å². The van der Waals surface area contributed by atoms with Gasteiger partial charge in [-0.25, -0.2) is 0 Å². The number of benzene rings is 6. The van der Waals surface area contributed by atoms with E-state index in [0.717, 1.165) is 140 Å². The molecule has 0 aromatic heterocycles. The van der Waals surface area contributed by atoms with Crippen LogP contribution >= 0.6 is 0 Å². The summed E-state index contributed by atoms with van der Waals surface area (Å²) in [6.45, 7) is 31.6. The normalized spacial score (nSPS) is 13.4. The number of aliphatic imine (C=N–C) groups is 2. The van der Waals surface area contributed by atoms with Gasteiger partial charge in [-0.05, 0) is 202 Å². The molecule has 0 unspecified atom stereocenters. The van der Waals surface area contributed by atoms with Crippen LogP contribution in [0.3, 0.4) is 0 Å². The Morgan fingerprint density at radius 2 is 0.646 bits per heavy atom. The minimum Gasteiger partial charge on any atom is -0.507 e. The van der Waals surface area contributed by atoms with Gasteiger partial charge in [-0.3, -0.25) is 9.98 Å². The highest BCUT2D eigenvalue weighted by molar-refractivity contribution is 5.80. The van der Waals surface area contributed by atoms with Crippen molar-refractivity contribution in [1.82, 2.24) is 9.80 Å². The standard InChI is InChI=1S/C72H96N4O6/c1-69(2,3)59-39-51-35-55-43-61(71(7,8)9)45-57(67(55)81-33-31-79-63-23-19-49(20-24-63)47-73-27-17-29-75(13)14)37-53-41-60(70(4,5)6)42-54(66(53)78)38-58-46-62(72(10,11)12)44-56(36-52(40-59)65(51)77)68(58)82-34-32-80-64-25-21-50(22-26-64)48-74-28-18-30-76(15)16/h19-26,39-48,77-78H,17-18,27-38H2,1-16H3. The Morgan fingerprint density at radius 3 is 0.902 bits per heavy atom. The van der Waals surface area contributed by atoms with Crippen molar-refractivity contribution in [3.63, 3.8) is 0 Å². The van der Waals surface area contributed by atoms with Crippen LogP contribution in [0.15, 0.2) is 107 Å². The van der Waals surface area contributed by atoms with Crippen molar-refractivity contribution in [2.24, 2.45) is 9.98 Å². The van der Waals surface area contributed by atoms with Gasteiger partial charge in [-0.15, -0.1) is 0 Å². The summed E-state index contributed by atoms with van der Waals surface area (Å²) in [5, 5.41) is 25.7. The molecule has 6 aromatic carbocycles. The lowest BCUT2D eigenvalue weighted by atomic mass is 9.79. The lowest BCUT2D eigenvalue weighted by Gasteiger charge is -2.28. The minimum atomic E-state index is -0.235. The summed E-state index contributed by atoms with van der Waals surface area (Å²) < 4.78 is 26.6. The van der Waals surface area contributed by atoms with E-state index in [2.05, 4.69) is 180 Å². The SMILES string of the molecule is CN(C)CCCN=Cc1ccc(OCCOc2c3cc(C(C)(C)C)cc2Cc2cc(C(C)(C)C)cc(c2O)Cc2cc(C(C)(C)C)cc(c2OCCOc2ccc(C=NCCCN(C)C)cc2)Cc2cc(C(C)(C)C)cc(c2O)C3)cc1. The van der Waals surface area contributed by atoms with Crippen LogP contribution < -0.4 is 18.9 Å². The molecule has 1 aliphatic carbocycles. The molecule has 10 nitrogen and oxygen atoms in total. The summed E-state index contributed by atoms with van der Waals surface area (Å²) in [6.07, 6.45) is 7.50. The average Bonchev–Trinajstić information content (AvgIpc) is 3.56. The summed E-state index contributed by atoms with van der Waals surface area (Å²) >= 11 is 0. The second kappa shape index (κ2) is 27.2. The van der Waals surface area contributed by atoms with E-state index < -0.39 is 0 Å². The molecule has 0 amide bonds. The molecule has 0 aliphatic heterocycles. The molecule has 82 heavy (non-hydrogen) atoms. The van der Waals surface area contributed by atoms with E-state index in [1.165, 1.54) is 0 Å². The fourth-order valence-corrected chi connectivity index (χ4v) is 10.2. The van der Waals surface area contributed by atoms with Gasteiger partial charge in [-0.1, -0.05) is 132 Å². The predicted octanol–water partition coefficient (Wildman–Crippen LogP) is 14.6. The van der Waals surface area contributed by atoms with Crippen molar-refractivity contribution in [2.45, 2.75) is 143 Å². The topological polar surface area (TPSA) is 109 Å². The summed E-state index contributed by atoms with van der Waals surface area (Å²) in [4.78, 5) is 13.6. The van der Waals surface area contributed by atoms with E-state index in [1.807, 2.05) is 61.0 Å². The molecule has 0 radical (unpaired) electrons. The highest BCUT2D eigenvalue weighted by Gasteiger charge is 2.29. The molecule has 440 valence electrons. The van der Waals surface area contributed by atoms with Gasteiger partial charge in [0.1, 0.15) is 60.9 Å². The molecule has 0 atom stereocenters. The highest BCUT2D eigenvalue weighted by Crippen LogP contribution is 2.44. The molecule has 7 rings (SSSR count). The van der Waals surface area contributed by atoms with Gasteiger partial charge in [0.05, 0.1) is 0 Å². The van der Waals surface area contributed by atoms with Crippen LogP contribution in [0.4, 0.5) is 0 Å². The summed E-state index contributed by atoms with van der Waals surface area (Å²) in [5.41, 5.74) is 12.8. The van der Waals surface area contributed by atoms with E-state index in [4.69, 9.17) is 18.9 Å². The molecule has 2 N–H and O–H groups in total. The maximum Gasteiger partial charge on any atom is 0.126 e. The molecular formula is C72H96N4O6. The molecule has 0 heterocycles. The van der Waals surface area contributed by atoms with Crippen molar-refractivity contribution in [3.05, 3.63) is 175 Å². The Bertz CT molecular complexity index is 2830. The number of rotatable bonds is 20. The summed E-state index contributed by atoms with van der Waals surface area (Å²) in [7, 11) is 8.32. The number of hydrogen-bond acceptors (Lipinski definition) is 10. The van der Waals surface area contributed by atoms with Crippen molar-refractivity contribution >= 4 is 12.4 Å². The number of fused-ring (bicyclic) bond motifs is 8. The second-order valence-electron chi connectivity index (χ2n) is 27.2. The van der Waals surface area contributed by atoms with Gasteiger partial charge in [0.25, 0.3) is 0 Å². The van der Waals surface area contributed by atoms with Crippen LogP contribution in [0.5, 0.6) is 34.5 Å². The van der Waals surface area contributed by atoms with Crippen molar-refractivity contribution in [1.29, 1.82) is 0 Å².